The fourth-order valence-electron chi connectivity index (χ4n) is 4.09. The van der Waals surface area contributed by atoms with Crippen molar-refractivity contribution in [2.75, 3.05) is 13.1 Å². The van der Waals surface area contributed by atoms with E-state index in [-0.39, 0.29) is 0 Å². The largest absolute Gasteiger partial charge is 0.385 e. The van der Waals surface area contributed by atoms with E-state index in [1.807, 2.05) is 24.0 Å². The van der Waals surface area contributed by atoms with Crippen molar-refractivity contribution in [3.63, 3.8) is 0 Å². The quantitative estimate of drug-likeness (QED) is 0.875. The summed E-state index contributed by atoms with van der Waals surface area (Å²) >= 11 is 0. The van der Waals surface area contributed by atoms with Crippen molar-refractivity contribution in [1.29, 1.82) is 0 Å². The summed E-state index contributed by atoms with van der Waals surface area (Å²) in [6, 6.07) is 0. The van der Waals surface area contributed by atoms with Crippen molar-refractivity contribution in [1.82, 2.24) is 24.2 Å². The molecule has 2 aromatic rings. The first-order valence-corrected chi connectivity index (χ1v) is 9.58. The maximum Gasteiger partial charge on any atom is 0.137 e. The summed E-state index contributed by atoms with van der Waals surface area (Å²) in [6.07, 6.45) is 13.6. The lowest BCUT2D eigenvalue weighted by Gasteiger charge is -2.33. The monoisotopic (exact) mass is 343 g/mol. The maximum atomic E-state index is 10.6. The number of rotatable bonds is 6. The van der Waals surface area contributed by atoms with Crippen LogP contribution in [0.2, 0.25) is 0 Å². The minimum atomic E-state index is -0.452. The van der Waals surface area contributed by atoms with Crippen LogP contribution in [0.3, 0.4) is 0 Å². The predicted octanol–water partition coefficient (Wildman–Crippen LogP) is 2.36. The Morgan fingerprint density at radius 2 is 2.04 bits per heavy atom. The minimum Gasteiger partial charge on any atom is -0.385 e. The number of likely N-dealkylation sites (tertiary alicyclic amines) is 1. The van der Waals surface area contributed by atoms with Crippen LogP contribution in [0.4, 0.5) is 0 Å². The molecule has 0 radical (unpaired) electrons. The topological polar surface area (TPSA) is 59.1 Å². The number of aliphatic hydroxyl groups is 1. The molecule has 1 saturated heterocycles. The Morgan fingerprint density at radius 1 is 1.24 bits per heavy atom. The summed E-state index contributed by atoms with van der Waals surface area (Å²) in [5, 5.41) is 15.1. The molecule has 3 heterocycles. The van der Waals surface area contributed by atoms with Crippen LogP contribution in [0.5, 0.6) is 0 Å². The molecule has 2 fully saturated rings. The van der Waals surface area contributed by atoms with E-state index in [2.05, 4.69) is 25.9 Å². The van der Waals surface area contributed by atoms with Crippen molar-refractivity contribution in [2.24, 2.45) is 18.9 Å². The molecule has 0 spiro atoms. The van der Waals surface area contributed by atoms with Crippen LogP contribution in [-0.2, 0) is 20.1 Å². The van der Waals surface area contributed by atoms with Crippen LogP contribution in [0.1, 0.15) is 49.6 Å². The molecule has 6 nitrogen and oxygen atoms in total. The van der Waals surface area contributed by atoms with Crippen LogP contribution in [0.25, 0.3) is 0 Å². The first-order chi connectivity index (χ1) is 12.2. The molecule has 136 valence electrons. The van der Waals surface area contributed by atoms with Crippen LogP contribution in [0.15, 0.2) is 24.8 Å². The van der Waals surface area contributed by atoms with Gasteiger partial charge in [0.1, 0.15) is 11.9 Å². The molecule has 1 aliphatic carbocycles. The lowest BCUT2D eigenvalue weighted by molar-refractivity contribution is 0.0492. The Hall–Kier alpha value is -1.66. The second-order valence-corrected chi connectivity index (χ2v) is 7.82. The summed E-state index contributed by atoms with van der Waals surface area (Å²) < 4.78 is 4.05. The van der Waals surface area contributed by atoms with E-state index >= 15 is 0 Å². The summed E-state index contributed by atoms with van der Waals surface area (Å²) in [5.41, 5.74) is 1.31. The van der Waals surface area contributed by atoms with Gasteiger partial charge in [0.05, 0.1) is 6.20 Å². The molecule has 1 aliphatic heterocycles. The lowest BCUT2D eigenvalue weighted by Crippen LogP contribution is -2.35. The predicted molar refractivity (Wildman–Crippen MR) is 95.7 cm³/mol. The van der Waals surface area contributed by atoms with Gasteiger partial charge in [0.25, 0.3) is 0 Å². The lowest BCUT2D eigenvalue weighted by atomic mass is 9.85. The maximum absolute atomic E-state index is 10.6. The first-order valence-electron chi connectivity index (χ1n) is 9.58. The Bertz CT molecular complexity index is 682. The standard InChI is InChI=1S/C19H29N5O/c1-22-10-7-20-19(22)18(25)17-5-8-23(9-6-17)12-16-11-21-24(14-16)13-15-3-2-4-15/h7,10-11,14-15,17-18,25H,2-6,8-9,12-13H2,1H3. The highest BCUT2D eigenvalue weighted by atomic mass is 16.3. The molecule has 1 atom stereocenters. The van der Waals surface area contributed by atoms with Gasteiger partial charge in [-0.15, -0.1) is 0 Å². The SMILES string of the molecule is Cn1ccnc1C(O)C1CCN(Cc2cnn(CC3CCC3)c2)CC1. The third kappa shape index (κ3) is 3.80. The van der Waals surface area contributed by atoms with Crippen LogP contribution < -0.4 is 0 Å². The number of nitrogens with zero attached hydrogens (tertiary/aromatic N) is 5. The van der Waals surface area contributed by atoms with E-state index in [9.17, 15) is 5.11 Å². The molecule has 4 rings (SSSR count). The molecule has 6 heteroatoms. The normalized spacial score (nSPS) is 21.4. The molecule has 25 heavy (non-hydrogen) atoms. The van der Waals surface area contributed by atoms with Gasteiger partial charge in [-0.05, 0) is 50.6 Å². The summed E-state index contributed by atoms with van der Waals surface area (Å²) in [4.78, 5) is 6.78. The van der Waals surface area contributed by atoms with Gasteiger partial charge < -0.3 is 9.67 Å². The highest BCUT2D eigenvalue weighted by molar-refractivity contribution is 5.05. The molecule has 1 N–H and O–H groups in total. The van der Waals surface area contributed by atoms with Gasteiger partial charge in [0.2, 0.25) is 0 Å². The number of aromatic nitrogens is 4. The number of hydrogen-bond donors (Lipinski definition) is 1. The fraction of sp³-hybridized carbons (Fsp3) is 0.684. The summed E-state index contributed by atoms with van der Waals surface area (Å²) in [7, 11) is 1.95. The second kappa shape index (κ2) is 7.30. The Labute approximate surface area is 149 Å². The highest BCUT2D eigenvalue weighted by Gasteiger charge is 2.28. The van der Waals surface area contributed by atoms with E-state index in [1.54, 1.807) is 6.20 Å². The van der Waals surface area contributed by atoms with E-state index < -0.39 is 6.10 Å². The third-order valence-corrected chi connectivity index (χ3v) is 5.96. The summed E-state index contributed by atoms with van der Waals surface area (Å²) in [5.74, 6) is 1.94. The molecule has 0 bridgehead atoms. The van der Waals surface area contributed by atoms with Crippen molar-refractivity contribution in [3.05, 3.63) is 36.2 Å². The van der Waals surface area contributed by atoms with Gasteiger partial charge in [-0.25, -0.2) is 4.98 Å². The zero-order chi connectivity index (χ0) is 17.2. The van der Waals surface area contributed by atoms with Crippen molar-refractivity contribution in [3.8, 4) is 0 Å². The van der Waals surface area contributed by atoms with Crippen molar-refractivity contribution in [2.45, 2.75) is 51.3 Å². The van der Waals surface area contributed by atoms with E-state index in [0.717, 1.165) is 50.8 Å². The van der Waals surface area contributed by atoms with Gasteiger partial charge in [0, 0.05) is 44.3 Å². The van der Waals surface area contributed by atoms with E-state index in [4.69, 9.17) is 0 Å². The Balaban J connectivity index is 1.26. The fourth-order valence-corrected chi connectivity index (χ4v) is 4.09. The number of hydrogen-bond acceptors (Lipinski definition) is 4. The van der Waals surface area contributed by atoms with Gasteiger partial charge in [-0.1, -0.05) is 6.42 Å². The van der Waals surface area contributed by atoms with Crippen molar-refractivity contribution < 1.29 is 5.11 Å². The number of piperidine rings is 1. The Kier molecular flexibility index (Phi) is 4.90. The Morgan fingerprint density at radius 3 is 2.68 bits per heavy atom. The number of imidazole rings is 1. The average molecular weight is 343 g/mol. The molecular formula is C19H29N5O. The van der Waals surface area contributed by atoms with E-state index in [0.29, 0.717) is 5.92 Å². The zero-order valence-corrected chi connectivity index (χ0v) is 15.1. The molecule has 0 amide bonds. The second-order valence-electron chi connectivity index (χ2n) is 7.82. The summed E-state index contributed by atoms with van der Waals surface area (Å²) in [6.45, 7) is 4.10. The molecule has 2 aromatic heterocycles. The molecule has 0 aromatic carbocycles. The molecular weight excluding hydrogens is 314 g/mol. The van der Waals surface area contributed by atoms with Gasteiger partial charge in [-0.2, -0.15) is 5.10 Å². The van der Waals surface area contributed by atoms with Gasteiger partial charge in [0.15, 0.2) is 0 Å². The average Bonchev–Trinajstić information content (AvgIpc) is 3.20. The van der Waals surface area contributed by atoms with Crippen LogP contribution >= 0.6 is 0 Å². The first kappa shape index (κ1) is 16.8. The van der Waals surface area contributed by atoms with Gasteiger partial charge >= 0.3 is 0 Å². The zero-order valence-electron chi connectivity index (χ0n) is 15.1. The molecule has 2 aliphatic rings. The molecule has 1 saturated carbocycles. The van der Waals surface area contributed by atoms with Crippen LogP contribution in [0, 0.1) is 11.8 Å². The number of aliphatic hydroxyl groups excluding tert-OH is 1. The third-order valence-electron chi connectivity index (χ3n) is 5.96. The van der Waals surface area contributed by atoms with Crippen molar-refractivity contribution >= 4 is 0 Å². The highest BCUT2D eigenvalue weighted by Crippen LogP contribution is 2.30. The smallest absolute Gasteiger partial charge is 0.137 e. The van der Waals surface area contributed by atoms with Gasteiger partial charge in [-0.3, -0.25) is 9.58 Å². The van der Waals surface area contributed by atoms with Crippen LogP contribution in [-0.4, -0.2) is 42.4 Å². The molecule has 1 unspecified atom stereocenters. The van der Waals surface area contributed by atoms with E-state index in [1.165, 1.54) is 24.8 Å². The minimum absolute atomic E-state index is 0.304. The number of aryl methyl sites for hydroxylation is 1.